The van der Waals surface area contributed by atoms with E-state index in [1.165, 1.54) is 24.8 Å². The van der Waals surface area contributed by atoms with Crippen LogP contribution in [0.5, 0.6) is 0 Å². The molecule has 0 saturated heterocycles. The summed E-state index contributed by atoms with van der Waals surface area (Å²) in [5.41, 5.74) is 2.33. The molecule has 0 bridgehead atoms. The van der Waals surface area contributed by atoms with Crippen LogP contribution in [0.25, 0.3) is 0 Å². The van der Waals surface area contributed by atoms with Gasteiger partial charge in [0, 0.05) is 19.0 Å². The molecule has 2 aromatic rings. The van der Waals surface area contributed by atoms with E-state index in [9.17, 15) is 9.59 Å². The van der Waals surface area contributed by atoms with Gasteiger partial charge in [-0.1, -0.05) is 79.9 Å². The molecule has 0 spiro atoms. The van der Waals surface area contributed by atoms with E-state index in [2.05, 4.69) is 17.4 Å². The van der Waals surface area contributed by atoms with E-state index in [0.717, 1.165) is 24.8 Å². The zero-order valence-electron chi connectivity index (χ0n) is 18.1. The number of carbonyl (C=O) groups is 2. The fraction of sp³-hybridized carbons (Fsp3) is 0.462. The Morgan fingerprint density at radius 3 is 2.07 bits per heavy atom. The number of carbonyl (C=O) groups excluding carboxylic acids is 2. The molecule has 160 valence electrons. The third-order valence-corrected chi connectivity index (χ3v) is 6.07. The molecule has 1 N–H and O–H groups in total. The third-order valence-electron chi connectivity index (χ3n) is 6.07. The van der Waals surface area contributed by atoms with Crippen molar-refractivity contribution in [3.8, 4) is 0 Å². The number of benzene rings is 2. The van der Waals surface area contributed by atoms with Gasteiger partial charge < -0.3 is 10.2 Å². The molecule has 1 aliphatic carbocycles. The van der Waals surface area contributed by atoms with Crippen LogP contribution in [0.2, 0.25) is 0 Å². The molecule has 0 aliphatic heterocycles. The molecule has 0 heterocycles. The van der Waals surface area contributed by atoms with Crippen LogP contribution in [0.1, 0.15) is 56.6 Å². The van der Waals surface area contributed by atoms with Gasteiger partial charge in [-0.05, 0) is 43.7 Å². The van der Waals surface area contributed by atoms with E-state index < -0.39 is 6.04 Å². The minimum absolute atomic E-state index is 0.0250. The highest BCUT2D eigenvalue weighted by atomic mass is 16.2. The van der Waals surface area contributed by atoms with Crippen LogP contribution < -0.4 is 5.32 Å². The van der Waals surface area contributed by atoms with Gasteiger partial charge in [-0.15, -0.1) is 0 Å². The van der Waals surface area contributed by atoms with E-state index in [4.69, 9.17) is 0 Å². The van der Waals surface area contributed by atoms with Crippen LogP contribution in [-0.4, -0.2) is 35.3 Å². The summed E-state index contributed by atoms with van der Waals surface area (Å²) in [5.74, 6) is 0.0177. The number of amides is 2. The SMILES string of the molecule is CC(C(=O)NC1CCCCC1)N(CCc1ccccc1)C(=O)CCc1ccccc1. The molecule has 2 aromatic carbocycles. The Bertz CT molecular complexity index is 785. The van der Waals surface area contributed by atoms with Crippen LogP contribution in [0.4, 0.5) is 0 Å². The Kier molecular flexibility index (Phi) is 8.49. The smallest absolute Gasteiger partial charge is 0.242 e. The molecular weight excluding hydrogens is 372 g/mol. The van der Waals surface area contributed by atoms with Crippen LogP contribution in [0.3, 0.4) is 0 Å². The van der Waals surface area contributed by atoms with Crippen LogP contribution in [0.15, 0.2) is 60.7 Å². The van der Waals surface area contributed by atoms with Crippen molar-refractivity contribution >= 4 is 11.8 Å². The summed E-state index contributed by atoms with van der Waals surface area (Å²) in [6, 6.07) is 20.0. The van der Waals surface area contributed by atoms with Crippen molar-refractivity contribution in [2.75, 3.05) is 6.54 Å². The largest absolute Gasteiger partial charge is 0.352 e. The van der Waals surface area contributed by atoms with Gasteiger partial charge in [0.2, 0.25) is 11.8 Å². The lowest BCUT2D eigenvalue weighted by molar-refractivity contribution is -0.140. The summed E-state index contributed by atoms with van der Waals surface area (Å²) in [6.45, 7) is 2.42. The zero-order chi connectivity index (χ0) is 21.2. The molecule has 1 saturated carbocycles. The highest BCUT2D eigenvalue weighted by Gasteiger charge is 2.27. The van der Waals surface area contributed by atoms with E-state index >= 15 is 0 Å². The molecule has 1 aliphatic rings. The summed E-state index contributed by atoms with van der Waals surface area (Å²) in [5, 5.41) is 3.19. The van der Waals surface area contributed by atoms with Gasteiger partial charge in [-0.2, -0.15) is 0 Å². The van der Waals surface area contributed by atoms with Crippen LogP contribution in [0, 0.1) is 0 Å². The lowest BCUT2D eigenvalue weighted by Crippen LogP contribution is -2.51. The third kappa shape index (κ3) is 6.72. The first kappa shape index (κ1) is 22.1. The molecule has 4 heteroatoms. The number of rotatable bonds is 9. The summed E-state index contributed by atoms with van der Waals surface area (Å²) in [7, 11) is 0. The topological polar surface area (TPSA) is 49.4 Å². The monoisotopic (exact) mass is 406 g/mol. The Hall–Kier alpha value is -2.62. The van der Waals surface area contributed by atoms with E-state index in [-0.39, 0.29) is 17.9 Å². The Morgan fingerprint density at radius 1 is 0.900 bits per heavy atom. The fourth-order valence-corrected chi connectivity index (χ4v) is 4.18. The van der Waals surface area contributed by atoms with Gasteiger partial charge in [-0.25, -0.2) is 0 Å². The summed E-state index contributed by atoms with van der Waals surface area (Å²) in [4.78, 5) is 27.8. The van der Waals surface area contributed by atoms with Gasteiger partial charge in [0.05, 0.1) is 0 Å². The van der Waals surface area contributed by atoms with E-state index in [0.29, 0.717) is 19.4 Å². The highest BCUT2D eigenvalue weighted by molar-refractivity contribution is 5.87. The number of hydrogen-bond acceptors (Lipinski definition) is 2. The maximum Gasteiger partial charge on any atom is 0.242 e. The second kappa shape index (κ2) is 11.5. The number of nitrogens with zero attached hydrogens (tertiary/aromatic N) is 1. The summed E-state index contributed by atoms with van der Waals surface area (Å²) in [6.07, 6.45) is 7.55. The predicted molar refractivity (Wildman–Crippen MR) is 121 cm³/mol. The minimum Gasteiger partial charge on any atom is -0.352 e. The average Bonchev–Trinajstić information content (AvgIpc) is 2.79. The maximum atomic E-state index is 13.1. The summed E-state index contributed by atoms with van der Waals surface area (Å²) < 4.78 is 0. The van der Waals surface area contributed by atoms with Crippen molar-refractivity contribution in [3.63, 3.8) is 0 Å². The molecule has 3 rings (SSSR count). The Balaban J connectivity index is 1.63. The normalized spacial score (nSPS) is 15.4. The zero-order valence-corrected chi connectivity index (χ0v) is 18.1. The van der Waals surface area contributed by atoms with Crippen LogP contribution >= 0.6 is 0 Å². The minimum atomic E-state index is -0.459. The average molecular weight is 407 g/mol. The maximum absolute atomic E-state index is 13.1. The van der Waals surface area contributed by atoms with E-state index in [1.54, 1.807) is 4.90 Å². The molecule has 1 atom stereocenters. The number of nitrogens with one attached hydrogen (secondary N) is 1. The highest BCUT2D eigenvalue weighted by Crippen LogP contribution is 2.18. The fourth-order valence-electron chi connectivity index (χ4n) is 4.18. The molecule has 0 radical (unpaired) electrons. The lowest BCUT2D eigenvalue weighted by Gasteiger charge is -2.31. The van der Waals surface area contributed by atoms with Crippen molar-refractivity contribution in [2.45, 2.75) is 70.4 Å². The first-order chi connectivity index (χ1) is 14.6. The second-order valence-electron chi connectivity index (χ2n) is 8.33. The van der Waals surface area contributed by atoms with Crippen molar-refractivity contribution in [3.05, 3.63) is 71.8 Å². The molecule has 30 heavy (non-hydrogen) atoms. The van der Waals surface area contributed by atoms with Crippen molar-refractivity contribution in [1.82, 2.24) is 10.2 Å². The van der Waals surface area contributed by atoms with Crippen molar-refractivity contribution in [2.24, 2.45) is 0 Å². The lowest BCUT2D eigenvalue weighted by atomic mass is 9.95. The first-order valence-electron chi connectivity index (χ1n) is 11.3. The molecular formula is C26H34N2O2. The van der Waals surface area contributed by atoms with E-state index in [1.807, 2.05) is 55.5 Å². The number of hydrogen-bond donors (Lipinski definition) is 1. The van der Waals surface area contributed by atoms with Gasteiger partial charge in [0.1, 0.15) is 6.04 Å². The summed E-state index contributed by atoms with van der Waals surface area (Å²) >= 11 is 0. The molecule has 4 nitrogen and oxygen atoms in total. The molecule has 1 unspecified atom stereocenters. The molecule has 2 amide bonds. The first-order valence-corrected chi connectivity index (χ1v) is 11.3. The van der Waals surface area contributed by atoms with Gasteiger partial charge in [0.25, 0.3) is 0 Å². The second-order valence-corrected chi connectivity index (χ2v) is 8.33. The molecule has 0 aromatic heterocycles. The Morgan fingerprint density at radius 2 is 1.47 bits per heavy atom. The standard InChI is InChI=1S/C26H34N2O2/c1-21(26(30)27-24-15-9-4-10-16-24)28(20-19-23-13-7-3-8-14-23)25(29)18-17-22-11-5-2-6-12-22/h2-3,5-8,11-14,21,24H,4,9-10,15-20H2,1H3,(H,27,30). The molecule has 1 fully saturated rings. The van der Waals surface area contributed by atoms with Crippen molar-refractivity contribution in [1.29, 1.82) is 0 Å². The van der Waals surface area contributed by atoms with Crippen molar-refractivity contribution < 1.29 is 9.59 Å². The van der Waals surface area contributed by atoms with Gasteiger partial charge in [0.15, 0.2) is 0 Å². The number of aryl methyl sites for hydroxylation is 1. The van der Waals surface area contributed by atoms with Gasteiger partial charge >= 0.3 is 0 Å². The van der Waals surface area contributed by atoms with Crippen LogP contribution in [-0.2, 0) is 22.4 Å². The van der Waals surface area contributed by atoms with Gasteiger partial charge in [-0.3, -0.25) is 9.59 Å². The quantitative estimate of drug-likeness (QED) is 0.665. The Labute approximate surface area is 180 Å². The predicted octanol–water partition coefficient (Wildman–Crippen LogP) is 4.53.